The predicted molar refractivity (Wildman–Crippen MR) is 86.5 cm³/mol. The molecule has 0 heterocycles. The van der Waals surface area contributed by atoms with Crippen molar-refractivity contribution in [2.75, 3.05) is 14.2 Å². The number of rotatable bonds is 6. The van der Waals surface area contributed by atoms with Crippen molar-refractivity contribution in [3.05, 3.63) is 63.6 Å². The molecule has 21 heavy (non-hydrogen) atoms. The van der Waals surface area contributed by atoms with E-state index in [1.54, 1.807) is 14.2 Å². The lowest BCUT2D eigenvalue weighted by Crippen LogP contribution is -2.06. The second-order valence-electron chi connectivity index (χ2n) is 4.81. The van der Waals surface area contributed by atoms with E-state index in [9.17, 15) is 5.11 Å². The largest absolute Gasteiger partial charge is 0.497 e. The van der Waals surface area contributed by atoms with E-state index in [-0.39, 0.29) is 0 Å². The van der Waals surface area contributed by atoms with E-state index in [0.29, 0.717) is 13.0 Å². The van der Waals surface area contributed by atoms with Crippen molar-refractivity contribution in [2.24, 2.45) is 0 Å². The molecule has 0 aromatic heterocycles. The van der Waals surface area contributed by atoms with Gasteiger partial charge in [0.2, 0.25) is 0 Å². The van der Waals surface area contributed by atoms with Gasteiger partial charge in [-0.3, -0.25) is 0 Å². The number of aliphatic hydroxyl groups excluding tert-OH is 1. The first-order valence-electron chi connectivity index (χ1n) is 6.73. The van der Waals surface area contributed by atoms with Crippen LogP contribution in [0.4, 0.5) is 0 Å². The van der Waals surface area contributed by atoms with E-state index in [1.807, 2.05) is 42.5 Å². The Morgan fingerprint density at radius 3 is 2.57 bits per heavy atom. The summed E-state index contributed by atoms with van der Waals surface area (Å²) in [5.41, 5.74) is 2.91. The minimum atomic E-state index is -0.584. The van der Waals surface area contributed by atoms with Gasteiger partial charge in [0.25, 0.3) is 0 Å². The molecule has 2 rings (SSSR count). The number of benzene rings is 2. The van der Waals surface area contributed by atoms with Crippen LogP contribution in [0, 0.1) is 0 Å². The van der Waals surface area contributed by atoms with Gasteiger partial charge in [0.05, 0.1) is 19.8 Å². The van der Waals surface area contributed by atoms with Crippen molar-refractivity contribution in [3.8, 4) is 5.75 Å². The first-order chi connectivity index (χ1) is 10.2. The second kappa shape index (κ2) is 7.59. The predicted octanol–water partition coefficient (Wildman–Crippen LogP) is 3.88. The van der Waals surface area contributed by atoms with Gasteiger partial charge in [0.15, 0.2) is 0 Å². The van der Waals surface area contributed by atoms with Crippen LogP contribution >= 0.6 is 15.9 Å². The lowest BCUT2D eigenvalue weighted by atomic mass is 9.97. The summed E-state index contributed by atoms with van der Waals surface area (Å²) in [6.45, 7) is 0.493. The van der Waals surface area contributed by atoms with E-state index in [4.69, 9.17) is 9.47 Å². The number of ether oxygens (including phenoxy) is 2. The van der Waals surface area contributed by atoms with Crippen molar-refractivity contribution in [3.63, 3.8) is 0 Å². The fraction of sp³-hybridized carbons (Fsp3) is 0.294. The van der Waals surface area contributed by atoms with E-state index >= 15 is 0 Å². The molecule has 0 amide bonds. The molecule has 112 valence electrons. The third-order valence-electron chi connectivity index (χ3n) is 3.38. The van der Waals surface area contributed by atoms with Crippen LogP contribution in [0.3, 0.4) is 0 Å². The molecule has 0 fully saturated rings. The Balaban J connectivity index is 2.23. The SMILES string of the molecule is COCc1ccccc1C(O)Cc1cc(OC)ccc1Br. The van der Waals surface area contributed by atoms with Crippen LogP contribution in [0.2, 0.25) is 0 Å². The lowest BCUT2D eigenvalue weighted by Gasteiger charge is -2.16. The fourth-order valence-electron chi connectivity index (χ4n) is 2.30. The molecule has 0 spiro atoms. The van der Waals surface area contributed by atoms with Gasteiger partial charge in [0.1, 0.15) is 5.75 Å². The van der Waals surface area contributed by atoms with Crippen molar-refractivity contribution in [1.29, 1.82) is 0 Å². The summed E-state index contributed by atoms with van der Waals surface area (Å²) in [4.78, 5) is 0. The van der Waals surface area contributed by atoms with Crippen LogP contribution in [0.15, 0.2) is 46.9 Å². The van der Waals surface area contributed by atoms with Gasteiger partial charge in [-0.25, -0.2) is 0 Å². The van der Waals surface area contributed by atoms with Gasteiger partial charge in [-0.2, -0.15) is 0 Å². The fourth-order valence-corrected chi connectivity index (χ4v) is 2.71. The smallest absolute Gasteiger partial charge is 0.119 e. The summed E-state index contributed by atoms with van der Waals surface area (Å²) in [6, 6.07) is 13.5. The average Bonchev–Trinajstić information content (AvgIpc) is 2.50. The molecule has 0 bridgehead atoms. The molecule has 0 aliphatic rings. The number of hydrogen-bond donors (Lipinski definition) is 1. The van der Waals surface area contributed by atoms with Gasteiger partial charge in [0, 0.05) is 18.0 Å². The van der Waals surface area contributed by atoms with Crippen molar-refractivity contribution in [1.82, 2.24) is 0 Å². The number of hydrogen-bond acceptors (Lipinski definition) is 3. The van der Waals surface area contributed by atoms with Gasteiger partial charge in [-0.15, -0.1) is 0 Å². The Morgan fingerprint density at radius 2 is 1.86 bits per heavy atom. The highest BCUT2D eigenvalue weighted by Gasteiger charge is 2.14. The van der Waals surface area contributed by atoms with Gasteiger partial charge in [-0.05, 0) is 34.9 Å². The van der Waals surface area contributed by atoms with Crippen LogP contribution in [0.1, 0.15) is 22.8 Å². The van der Waals surface area contributed by atoms with Crippen molar-refractivity contribution < 1.29 is 14.6 Å². The molecule has 0 aliphatic heterocycles. The zero-order chi connectivity index (χ0) is 15.2. The molecule has 3 nitrogen and oxygen atoms in total. The van der Waals surface area contributed by atoms with Crippen LogP contribution in [-0.4, -0.2) is 19.3 Å². The molecule has 0 radical (unpaired) electrons. The van der Waals surface area contributed by atoms with Crippen LogP contribution < -0.4 is 4.74 Å². The van der Waals surface area contributed by atoms with E-state index in [1.165, 1.54) is 0 Å². The molecule has 1 atom stereocenters. The summed E-state index contributed by atoms with van der Waals surface area (Å²) in [7, 11) is 3.29. The normalized spacial score (nSPS) is 12.2. The Labute approximate surface area is 133 Å². The molecular formula is C17H19BrO3. The van der Waals surface area contributed by atoms with Crippen molar-refractivity contribution >= 4 is 15.9 Å². The minimum absolute atomic E-state index is 0.493. The third kappa shape index (κ3) is 4.06. The third-order valence-corrected chi connectivity index (χ3v) is 4.15. The molecule has 0 aliphatic carbocycles. The maximum Gasteiger partial charge on any atom is 0.119 e. The zero-order valence-corrected chi connectivity index (χ0v) is 13.8. The molecule has 2 aromatic carbocycles. The second-order valence-corrected chi connectivity index (χ2v) is 5.66. The van der Waals surface area contributed by atoms with E-state index in [0.717, 1.165) is 26.9 Å². The standard InChI is InChI=1S/C17H19BrO3/c1-20-11-12-5-3-4-6-15(12)17(19)10-13-9-14(21-2)7-8-16(13)18/h3-9,17,19H,10-11H2,1-2H3. The number of methoxy groups -OCH3 is 2. The zero-order valence-electron chi connectivity index (χ0n) is 12.2. The molecule has 0 saturated carbocycles. The van der Waals surface area contributed by atoms with Crippen LogP contribution in [0.5, 0.6) is 5.75 Å². The maximum absolute atomic E-state index is 10.6. The number of halogens is 1. The first-order valence-corrected chi connectivity index (χ1v) is 7.52. The minimum Gasteiger partial charge on any atom is -0.497 e. The Bertz CT molecular complexity index is 598. The molecule has 2 aromatic rings. The Morgan fingerprint density at radius 1 is 1.10 bits per heavy atom. The maximum atomic E-state index is 10.6. The monoisotopic (exact) mass is 350 g/mol. The molecule has 1 N–H and O–H groups in total. The highest BCUT2D eigenvalue weighted by atomic mass is 79.9. The van der Waals surface area contributed by atoms with Crippen molar-refractivity contribution in [2.45, 2.75) is 19.1 Å². The summed E-state index contributed by atoms with van der Waals surface area (Å²) in [6.07, 6.45) is -0.0711. The summed E-state index contributed by atoms with van der Waals surface area (Å²) in [5.74, 6) is 0.783. The Hall–Kier alpha value is -1.36. The molecule has 1 unspecified atom stereocenters. The van der Waals surface area contributed by atoms with E-state index in [2.05, 4.69) is 15.9 Å². The topological polar surface area (TPSA) is 38.7 Å². The van der Waals surface area contributed by atoms with Gasteiger partial charge in [-0.1, -0.05) is 40.2 Å². The van der Waals surface area contributed by atoms with Crippen LogP contribution in [-0.2, 0) is 17.8 Å². The highest BCUT2D eigenvalue weighted by molar-refractivity contribution is 9.10. The van der Waals surface area contributed by atoms with E-state index < -0.39 is 6.10 Å². The number of aliphatic hydroxyl groups is 1. The summed E-state index contributed by atoms with van der Waals surface area (Å²) >= 11 is 3.52. The quantitative estimate of drug-likeness (QED) is 0.859. The van der Waals surface area contributed by atoms with Crippen LogP contribution in [0.25, 0.3) is 0 Å². The molecule has 4 heteroatoms. The lowest BCUT2D eigenvalue weighted by molar-refractivity contribution is 0.161. The van der Waals surface area contributed by atoms with Gasteiger partial charge < -0.3 is 14.6 Å². The van der Waals surface area contributed by atoms with Gasteiger partial charge >= 0.3 is 0 Å². The Kier molecular flexibility index (Phi) is 5.79. The molecular weight excluding hydrogens is 332 g/mol. The highest BCUT2D eigenvalue weighted by Crippen LogP contribution is 2.28. The average molecular weight is 351 g/mol. The first kappa shape index (κ1) is 16.0. The molecule has 0 saturated heterocycles. The summed E-state index contributed by atoms with van der Waals surface area (Å²) < 4.78 is 11.4. The summed E-state index contributed by atoms with van der Waals surface area (Å²) in [5, 5.41) is 10.6.